The number of nitrogens with one attached hydrogen (secondary N) is 1. The van der Waals surface area contributed by atoms with Gasteiger partial charge in [-0.3, -0.25) is 9.69 Å². The van der Waals surface area contributed by atoms with Gasteiger partial charge in [0.15, 0.2) is 0 Å². The molecule has 1 amide bonds. The van der Waals surface area contributed by atoms with Crippen LogP contribution in [0.1, 0.15) is 16.8 Å². The molecular weight excluding hydrogens is 413 g/mol. The topological polar surface area (TPSA) is 54.5 Å². The molecule has 1 saturated heterocycles. The first-order valence-corrected chi connectivity index (χ1v) is 11.4. The van der Waals surface area contributed by atoms with Crippen molar-refractivity contribution < 1.29 is 13.9 Å². The van der Waals surface area contributed by atoms with E-state index in [1.807, 2.05) is 5.38 Å². The molecule has 0 aliphatic carbocycles. The zero-order chi connectivity index (χ0) is 21.5. The summed E-state index contributed by atoms with van der Waals surface area (Å²) in [5.74, 6) is -0.307. The number of morpholine rings is 1. The van der Waals surface area contributed by atoms with Crippen LogP contribution < -0.4 is 5.32 Å². The molecule has 0 saturated carbocycles. The number of carbonyl (C=O) groups excluding carboxylic acids is 1. The number of benzene rings is 2. The number of rotatable bonds is 8. The summed E-state index contributed by atoms with van der Waals surface area (Å²) in [5, 5.41) is 5.79. The van der Waals surface area contributed by atoms with Gasteiger partial charge >= 0.3 is 0 Å². The molecule has 0 radical (unpaired) electrons. The Kier molecular flexibility index (Phi) is 7.40. The van der Waals surface area contributed by atoms with Crippen LogP contribution in [0.4, 0.5) is 4.39 Å². The Morgan fingerprint density at radius 3 is 2.74 bits per heavy atom. The fraction of sp³-hybridized carbons (Fsp3) is 0.333. The third kappa shape index (κ3) is 6.43. The summed E-state index contributed by atoms with van der Waals surface area (Å²) in [5.41, 5.74) is 4.11. The molecule has 4 rings (SSSR count). The highest BCUT2D eigenvalue weighted by Gasteiger charge is 2.13. The molecule has 0 unspecified atom stereocenters. The van der Waals surface area contributed by atoms with Crippen molar-refractivity contribution in [2.24, 2.45) is 0 Å². The molecule has 7 heteroatoms. The number of hydrogen-bond acceptors (Lipinski definition) is 5. The molecule has 1 aromatic heterocycles. The molecule has 1 aliphatic rings. The van der Waals surface area contributed by atoms with E-state index in [9.17, 15) is 9.18 Å². The second-order valence-electron chi connectivity index (χ2n) is 7.64. The average Bonchev–Trinajstić information content (AvgIpc) is 3.24. The lowest BCUT2D eigenvalue weighted by Gasteiger charge is -2.26. The molecule has 162 valence electrons. The Labute approximate surface area is 185 Å². The van der Waals surface area contributed by atoms with E-state index in [0.717, 1.165) is 54.7 Å². The van der Waals surface area contributed by atoms with Gasteiger partial charge in [-0.25, -0.2) is 9.37 Å². The summed E-state index contributed by atoms with van der Waals surface area (Å²) in [4.78, 5) is 19.3. The summed E-state index contributed by atoms with van der Waals surface area (Å²) in [6, 6.07) is 14.8. The van der Waals surface area contributed by atoms with Crippen molar-refractivity contribution in [3.63, 3.8) is 0 Å². The third-order valence-electron chi connectivity index (χ3n) is 5.23. The minimum atomic E-state index is -0.251. The quantitative estimate of drug-likeness (QED) is 0.582. The van der Waals surface area contributed by atoms with E-state index in [4.69, 9.17) is 4.74 Å². The largest absolute Gasteiger partial charge is 0.379 e. The van der Waals surface area contributed by atoms with Gasteiger partial charge in [-0.2, -0.15) is 0 Å². The smallest absolute Gasteiger partial charge is 0.226 e. The molecule has 31 heavy (non-hydrogen) atoms. The molecule has 0 atom stereocenters. The lowest BCUT2D eigenvalue weighted by Crippen LogP contribution is -2.35. The lowest BCUT2D eigenvalue weighted by atomic mass is 10.1. The van der Waals surface area contributed by atoms with Gasteiger partial charge in [-0.15, -0.1) is 11.3 Å². The molecule has 1 aliphatic heterocycles. The van der Waals surface area contributed by atoms with Gasteiger partial charge in [0, 0.05) is 37.1 Å². The average molecular weight is 440 g/mol. The first-order valence-electron chi connectivity index (χ1n) is 10.5. The standard InChI is InChI=1S/C24H26FN3O2S/c25-21-6-4-18(5-7-21)8-9-26-23(29)15-22-17-31-24(27-22)20-3-1-2-19(14-20)16-28-10-12-30-13-11-28/h1-7,14,17H,8-13,15-16H2,(H,26,29). The summed E-state index contributed by atoms with van der Waals surface area (Å²) >= 11 is 1.56. The van der Waals surface area contributed by atoms with Crippen LogP contribution in [0, 0.1) is 5.82 Å². The van der Waals surface area contributed by atoms with Crippen LogP contribution in [-0.2, 0) is 28.9 Å². The van der Waals surface area contributed by atoms with E-state index >= 15 is 0 Å². The van der Waals surface area contributed by atoms with Gasteiger partial charge < -0.3 is 10.1 Å². The van der Waals surface area contributed by atoms with E-state index in [2.05, 4.69) is 39.5 Å². The zero-order valence-corrected chi connectivity index (χ0v) is 18.2. The Morgan fingerprint density at radius 2 is 1.94 bits per heavy atom. The van der Waals surface area contributed by atoms with E-state index in [0.29, 0.717) is 13.0 Å². The van der Waals surface area contributed by atoms with Crippen molar-refractivity contribution in [1.82, 2.24) is 15.2 Å². The molecule has 2 heterocycles. The summed E-state index contributed by atoms with van der Waals surface area (Å²) in [7, 11) is 0. The number of halogens is 1. The van der Waals surface area contributed by atoms with Gasteiger partial charge in [0.05, 0.1) is 25.3 Å². The van der Waals surface area contributed by atoms with E-state index in [1.165, 1.54) is 17.7 Å². The highest BCUT2D eigenvalue weighted by molar-refractivity contribution is 7.13. The van der Waals surface area contributed by atoms with Crippen molar-refractivity contribution in [2.75, 3.05) is 32.8 Å². The van der Waals surface area contributed by atoms with Crippen molar-refractivity contribution in [1.29, 1.82) is 0 Å². The molecule has 1 N–H and O–H groups in total. The molecule has 0 spiro atoms. The normalized spacial score (nSPS) is 14.5. The lowest BCUT2D eigenvalue weighted by molar-refractivity contribution is -0.120. The van der Waals surface area contributed by atoms with Gasteiger partial charge in [0.2, 0.25) is 5.91 Å². The SMILES string of the molecule is O=C(Cc1csc(-c2cccc(CN3CCOCC3)c2)n1)NCCc1ccc(F)cc1. The monoisotopic (exact) mass is 439 g/mol. The van der Waals surface area contributed by atoms with Gasteiger partial charge in [0.25, 0.3) is 0 Å². The maximum Gasteiger partial charge on any atom is 0.226 e. The van der Waals surface area contributed by atoms with E-state index < -0.39 is 0 Å². The summed E-state index contributed by atoms with van der Waals surface area (Å²) in [6.45, 7) is 4.93. The molecular formula is C24H26FN3O2S. The van der Waals surface area contributed by atoms with E-state index in [1.54, 1.807) is 23.5 Å². The van der Waals surface area contributed by atoms with E-state index in [-0.39, 0.29) is 18.1 Å². The van der Waals surface area contributed by atoms with Crippen LogP contribution in [0.5, 0.6) is 0 Å². The molecule has 1 fully saturated rings. The summed E-state index contributed by atoms with van der Waals surface area (Å²) in [6.07, 6.45) is 0.928. The third-order valence-corrected chi connectivity index (χ3v) is 6.17. The molecule has 2 aromatic carbocycles. The Hall–Kier alpha value is -2.61. The second kappa shape index (κ2) is 10.6. The first-order chi connectivity index (χ1) is 15.2. The fourth-order valence-corrected chi connectivity index (χ4v) is 4.38. The predicted octanol–water partition coefficient (Wildman–Crippen LogP) is 3.68. The van der Waals surface area contributed by atoms with Crippen LogP contribution in [0.3, 0.4) is 0 Å². The van der Waals surface area contributed by atoms with Gasteiger partial charge in [-0.1, -0.05) is 30.3 Å². The van der Waals surface area contributed by atoms with Gasteiger partial charge in [0.1, 0.15) is 10.8 Å². The van der Waals surface area contributed by atoms with Crippen LogP contribution in [0.25, 0.3) is 10.6 Å². The number of hydrogen-bond donors (Lipinski definition) is 1. The predicted molar refractivity (Wildman–Crippen MR) is 120 cm³/mol. The van der Waals surface area contributed by atoms with Crippen molar-refractivity contribution >= 4 is 17.2 Å². The number of amides is 1. The minimum Gasteiger partial charge on any atom is -0.379 e. The number of nitrogens with zero attached hydrogens (tertiary/aromatic N) is 2. The fourth-order valence-electron chi connectivity index (χ4n) is 3.57. The van der Waals surface area contributed by atoms with Crippen molar-refractivity contribution in [3.05, 3.63) is 76.5 Å². The minimum absolute atomic E-state index is 0.0555. The number of aromatic nitrogens is 1. The van der Waals surface area contributed by atoms with Crippen LogP contribution in [0.2, 0.25) is 0 Å². The Balaban J connectivity index is 1.29. The number of ether oxygens (including phenoxy) is 1. The number of carbonyl (C=O) groups is 1. The van der Waals surface area contributed by atoms with Gasteiger partial charge in [-0.05, 0) is 35.7 Å². The molecule has 0 bridgehead atoms. The summed E-state index contributed by atoms with van der Waals surface area (Å²) < 4.78 is 18.4. The zero-order valence-electron chi connectivity index (χ0n) is 17.4. The maximum absolute atomic E-state index is 12.9. The highest BCUT2D eigenvalue weighted by atomic mass is 32.1. The second-order valence-corrected chi connectivity index (χ2v) is 8.49. The first kappa shape index (κ1) is 21.6. The molecule has 3 aromatic rings. The Bertz CT molecular complexity index is 1000. The highest BCUT2D eigenvalue weighted by Crippen LogP contribution is 2.25. The van der Waals surface area contributed by atoms with Crippen molar-refractivity contribution in [2.45, 2.75) is 19.4 Å². The van der Waals surface area contributed by atoms with Crippen LogP contribution in [-0.4, -0.2) is 48.6 Å². The number of thiazole rings is 1. The van der Waals surface area contributed by atoms with Crippen molar-refractivity contribution in [3.8, 4) is 10.6 Å². The maximum atomic E-state index is 12.9. The van der Waals surface area contributed by atoms with Crippen LogP contribution in [0.15, 0.2) is 53.9 Å². The van der Waals surface area contributed by atoms with Crippen LogP contribution >= 0.6 is 11.3 Å². The Morgan fingerprint density at radius 1 is 1.13 bits per heavy atom. The molecule has 5 nitrogen and oxygen atoms in total.